The molecule has 0 radical (unpaired) electrons. The molecule has 3 aliphatic heterocycles. The number of fused-ring (bicyclic) bond motifs is 4. The maximum absolute atomic E-state index is 12.6. The van der Waals surface area contributed by atoms with Crippen LogP contribution in [0, 0.1) is 5.92 Å². The molecule has 2 saturated heterocycles. The van der Waals surface area contributed by atoms with Crippen molar-refractivity contribution in [2.75, 3.05) is 44.2 Å². The number of aromatic nitrogens is 1. The van der Waals surface area contributed by atoms with Gasteiger partial charge < -0.3 is 19.0 Å². The van der Waals surface area contributed by atoms with Crippen LogP contribution < -0.4 is 15.9 Å². The monoisotopic (exact) mass is 488 g/mol. The lowest BCUT2D eigenvalue weighted by Crippen LogP contribution is -2.46. The van der Waals surface area contributed by atoms with Crippen LogP contribution in [0.15, 0.2) is 68.6 Å². The van der Waals surface area contributed by atoms with Gasteiger partial charge in [-0.05, 0) is 30.5 Å². The second-order valence-electron chi connectivity index (χ2n) is 10.3. The summed E-state index contributed by atoms with van der Waals surface area (Å²) in [5.41, 5.74) is 2.01. The Morgan fingerprint density at radius 3 is 2.47 bits per heavy atom. The molecule has 5 heterocycles. The molecule has 1 aromatic carbocycles. The van der Waals surface area contributed by atoms with E-state index >= 15 is 0 Å². The van der Waals surface area contributed by atoms with Gasteiger partial charge in [0.05, 0.1) is 13.1 Å². The summed E-state index contributed by atoms with van der Waals surface area (Å²) in [6.45, 7) is 6.79. The van der Waals surface area contributed by atoms with Crippen molar-refractivity contribution in [1.82, 2.24) is 14.4 Å². The lowest BCUT2D eigenvalue weighted by Gasteiger charge is -2.42. The van der Waals surface area contributed by atoms with E-state index in [9.17, 15) is 14.7 Å². The second kappa shape index (κ2) is 9.59. The first-order chi connectivity index (χ1) is 17.5. The molecule has 3 aliphatic rings. The number of piperazine rings is 1. The molecule has 0 unspecified atom stereocenters. The third-order valence-electron chi connectivity index (χ3n) is 7.84. The summed E-state index contributed by atoms with van der Waals surface area (Å²) in [6.07, 6.45) is 1.08. The Labute approximate surface area is 210 Å². The maximum Gasteiger partial charge on any atom is 0.250 e. The highest BCUT2D eigenvalue weighted by atomic mass is 16.4. The molecular formula is C28H32N4O4. The van der Waals surface area contributed by atoms with Crippen molar-refractivity contribution < 1.29 is 9.52 Å². The quantitative estimate of drug-likeness (QED) is 0.591. The highest BCUT2D eigenvalue weighted by Crippen LogP contribution is 2.35. The SMILES string of the molecule is O=c1cc(CN2C[C@H]3C[C@@H](C2)c2cccc(=O)n2C3)oc(CN2CCN(c3ccccc3)CC2)c1O. The van der Waals surface area contributed by atoms with Crippen molar-refractivity contribution in [2.24, 2.45) is 5.92 Å². The molecule has 8 heteroatoms. The summed E-state index contributed by atoms with van der Waals surface area (Å²) in [7, 11) is 0. The smallest absolute Gasteiger partial charge is 0.250 e. The topological polar surface area (TPSA) is 82.2 Å². The highest BCUT2D eigenvalue weighted by molar-refractivity contribution is 5.46. The molecule has 3 aromatic rings. The Bertz CT molecular complexity index is 1340. The minimum absolute atomic E-state index is 0.0782. The summed E-state index contributed by atoms with van der Waals surface area (Å²) in [6, 6.07) is 17.3. The summed E-state index contributed by atoms with van der Waals surface area (Å²) in [4.78, 5) is 31.8. The van der Waals surface area contributed by atoms with E-state index in [4.69, 9.17) is 4.42 Å². The Kier molecular flexibility index (Phi) is 6.15. The molecule has 8 nitrogen and oxygen atoms in total. The average Bonchev–Trinajstić information content (AvgIpc) is 2.89. The van der Waals surface area contributed by atoms with Gasteiger partial charge in [0.25, 0.3) is 5.56 Å². The fourth-order valence-electron chi connectivity index (χ4n) is 6.12. The lowest BCUT2D eigenvalue weighted by molar-refractivity contribution is 0.105. The van der Waals surface area contributed by atoms with E-state index in [2.05, 4.69) is 32.9 Å². The highest BCUT2D eigenvalue weighted by Gasteiger charge is 2.34. The number of rotatable bonds is 5. The van der Waals surface area contributed by atoms with E-state index in [0.717, 1.165) is 57.9 Å². The fourth-order valence-corrected chi connectivity index (χ4v) is 6.12. The van der Waals surface area contributed by atoms with Crippen molar-refractivity contribution in [1.29, 1.82) is 0 Å². The predicted molar refractivity (Wildman–Crippen MR) is 137 cm³/mol. The Morgan fingerprint density at radius 1 is 0.861 bits per heavy atom. The summed E-state index contributed by atoms with van der Waals surface area (Å²) in [5.74, 6) is 1.35. The number of piperidine rings is 1. The number of nitrogens with zero attached hydrogens (tertiary/aromatic N) is 4. The van der Waals surface area contributed by atoms with Gasteiger partial charge in [-0.15, -0.1) is 0 Å². The van der Waals surface area contributed by atoms with E-state index < -0.39 is 0 Å². The van der Waals surface area contributed by atoms with Crippen LogP contribution >= 0.6 is 0 Å². The van der Waals surface area contributed by atoms with Crippen LogP contribution in [0.25, 0.3) is 0 Å². The van der Waals surface area contributed by atoms with Crippen LogP contribution in [0.4, 0.5) is 5.69 Å². The second-order valence-corrected chi connectivity index (χ2v) is 10.3. The summed E-state index contributed by atoms with van der Waals surface area (Å²) in [5, 5.41) is 10.5. The largest absolute Gasteiger partial charge is 0.502 e. The Morgan fingerprint density at radius 2 is 1.67 bits per heavy atom. The lowest BCUT2D eigenvalue weighted by atomic mass is 9.83. The van der Waals surface area contributed by atoms with Crippen molar-refractivity contribution in [3.8, 4) is 5.75 Å². The van der Waals surface area contributed by atoms with Gasteiger partial charge in [-0.25, -0.2) is 0 Å². The van der Waals surface area contributed by atoms with Gasteiger partial charge in [-0.2, -0.15) is 0 Å². The molecule has 1 N–H and O–H groups in total. The molecule has 0 amide bonds. The van der Waals surface area contributed by atoms with Crippen molar-refractivity contribution in [2.45, 2.75) is 32.0 Å². The van der Waals surface area contributed by atoms with E-state index in [1.807, 2.05) is 28.8 Å². The van der Waals surface area contributed by atoms with Gasteiger partial charge in [-0.1, -0.05) is 24.3 Å². The normalized spacial score (nSPS) is 22.4. The van der Waals surface area contributed by atoms with Crippen LogP contribution in [0.2, 0.25) is 0 Å². The van der Waals surface area contributed by atoms with Gasteiger partial charge in [0.1, 0.15) is 5.76 Å². The van der Waals surface area contributed by atoms with Crippen LogP contribution in [-0.4, -0.2) is 58.7 Å². The van der Waals surface area contributed by atoms with Crippen LogP contribution in [0.5, 0.6) is 5.75 Å². The third kappa shape index (κ3) is 4.58. The van der Waals surface area contributed by atoms with Gasteiger partial charge in [-0.3, -0.25) is 19.4 Å². The molecule has 188 valence electrons. The molecule has 0 spiro atoms. The third-order valence-corrected chi connectivity index (χ3v) is 7.84. The molecule has 2 aromatic heterocycles. The standard InChI is InChI=1S/C28H32N4O4/c33-25-14-23(18-30-15-20-13-21(17-30)24-7-4-8-27(34)32(24)16-20)36-26(28(25)35)19-29-9-11-31(12-10-29)22-5-2-1-3-6-22/h1-8,14,20-21,35H,9-13,15-19H2/t20-,21+/m1/s1. The molecule has 6 rings (SSSR count). The van der Waals surface area contributed by atoms with Crippen LogP contribution in [0.3, 0.4) is 0 Å². The molecule has 2 bridgehead atoms. The molecule has 36 heavy (non-hydrogen) atoms. The fraction of sp³-hybridized carbons (Fsp3) is 0.429. The van der Waals surface area contributed by atoms with Gasteiger partial charge in [0.15, 0.2) is 5.76 Å². The number of hydrogen-bond acceptors (Lipinski definition) is 7. The summed E-state index contributed by atoms with van der Waals surface area (Å²) < 4.78 is 8.04. The zero-order chi connectivity index (χ0) is 24.6. The van der Waals surface area contributed by atoms with Crippen LogP contribution in [-0.2, 0) is 19.6 Å². The molecule has 2 atom stereocenters. The van der Waals surface area contributed by atoms with E-state index in [-0.39, 0.29) is 16.7 Å². The van der Waals surface area contributed by atoms with Crippen LogP contribution in [0.1, 0.15) is 29.6 Å². The first kappa shape index (κ1) is 23.1. The first-order valence-electron chi connectivity index (χ1n) is 12.8. The maximum atomic E-state index is 12.6. The average molecular weight is 489 g/mol. The summed E-state index contributed by atoms with van der Waals surface area (Å²) >= 11 is 0. The number of benzene rings is 1. The number of pyridine rings is 1. The van der Waals surface area contributed by atoms with E-state index in [1.165, 1.54) is 11.8 Å². The molecule has 0 saturated carbocycles. The van der Waals surface area contributed by atoms with Gasteiger partial charge in [0.2, 0.25) is 11.2 Å². The number of aromatic hydroxyl groups is 1. The molecule has 0 aliphatic carbocycles. The van der Waals surface area contributed by atoms with Gasteiger partial charge in [0, 0.05) is 75.2 Å². The molecule has 2 fully saturated rings. The number of anilines is 1. The van der Waals surface area contributed by atoms with Crippen molar-refractivity contribution in [3.05, 3.63) is 92.4 Å². The van der Waals surface area contributed by atoms with E-state index in [0.29, 0.717) is 36.4 Å². The zero-order valence-electron chi connectivity index (χ0n) is 20.4. The Hall–Kier alpha value is -3.36. The number of likely N-dealkylation sites (tertiary alicyclic amines) is 1. The minimum atomic E-state index is -0.386. The van der Waals surface area contributed by atoms with E-state index in [1.54, 1.807) is 6.07 Å². The Balaban J connectivity index is 1.13. The number of para-hydroxylation sites is 1. The first-order valence-corrected chi connectivity index (χ1v) is 12.8. The van der Waals surface area contributed by atoms with Crippen molar-refractivity contribution in [3.63, 3.8) is 0 Å². The van der Waals surface area contributed by atoms with Crippen molar-refractivity contribution >= 4 is 5.69 Å². The molecular weight excluding hydrogens is 456 g/mol. The van der Waals surface area contributed by atoms with Gasteiger partial charge >= 0.3 is 0 Å². The predicted octanol–water partition coefficient (Wildman–Crippen LogP) is 2.45. The minimum Gasteiger partial charge on any atom is -0.502 e. The zero-order valence-corrected chi connectivity index (χ0v) is 20.4. The number of hydrogen-bond donors (Lipinski definition) is 1.